The fourth-order valence-corrected chi connectivity index (χ4v) is 2.84. The third kappa shape index (κ3) is 3.69. The summed E-state index contributed by atoms with van der Waals surface area (Å²) < 4.78 is 11.8. The smallest absolute Gasteiger partial charge is 0.161 e. The molecule has 3 heteroatoms. The van der Waals surface area contributed by atoms with E-state index in [4.69, 9.17) is 15.2 Å². The molecule has 0 unspecified atom stereocenters. The Morgan fingerprint density at radius 3 is 2.54 bits per heavy atom. The molecule has 3 aromatic carbocycles. The van der Waals surface area contributed by atoms with E-state index in [2.05, 4.69) is 42.5 Å². The third-order valence-electron chi connectivity index (χ3n) is 4.00. The lowest BCUT2D eigenvalue weighted by Crippen LogP contribution is -2.04. The maximum absolute atomic E-state index is 6.06. The van der Waals surface area contributed by atoms with Crippen molar-refractivity contribution in [1.82, 2.24) is 0 Å². The van der Waals surface area contributed by atoms with Crippen molar-refractivity contribution in [2.45, 2.75) is 20.0 Å². The third-order valence-corrected chi connectivity index (χ3v) is 4.00. The van der Waals surface area contributed by atoms with Crippen LogP contribution < -0.4 is 15.2 Å². The number of nitrogens with two attached hydrogens (primary N) is 1. The number of ether oxygens (including phenoxy) is 2. The molecule has 3 rings (SSSR count). The van der Waals surface area contributed by atoms with E-state index in [1.807, 2.05) is 25.1 Å². The van der Waals surface area contributed by atoms with E-state index >= 15 is 0 Å². The average Bonchev–Trinajstić information content (AvgIpc) is 2.61. The number of benzene rings is 3. The first-order chi connectivity index (χ1) is 11.8. The molecular weight excluding hydrogens is 298 g/mol. The quantitative estimate of drug-likeness (QED) is 0.705. The molecular formula is C21H23NO2. The van der Waals surface area contributed by atoms with Gasteiger partial charge in [-0.2, -0.15) is 0 Å². The van der Waals surface area contributed by atoms with Crippen LogP contribution in [0.3, 0.4) is 0 Å². The first kappa shape index (κ1) is 16.3. The molecule has 3 aromatic rings. The van der Waals surface area contributed by atoms with E-state index in [1.54, 1.807) is 0 Å². The highest BCUT2D eigenvalue weighted by atomic mass is 16.5. The van der Waals surface area contributed by atoms with Gasteiger partial charge in [0.2, 0.25) is 0 Å². The molecule has 0 aromatic heterocycles. The molecule has 0 saturated carbocycles. The minimum Gasteiger partial charge on any atom is -0.490 e. The van der Waals surface area contributed by atoms with Crippen molar-refractivity contribution in [1.29, 1.82) is 0 Å². The lowest BCUT2D eigenvalue weighted by molar-refractivity contribution is 0.270. The second-order valence-electron chi connectivity index (χ2n) is 5.68. The van der Waals surface area contributed by atoms with Gasteiger partial charge in [-0.3, -0.25) is 0 Å². The van der Waals surface area contributed by atoms with Crippen LogP contribution in [0.15, 0.2) is 60.7 Å². The minimum atomic E-state index is 0.512. The highest BCUT2D eigenvalue weighted by Gasteiger charge is 2.08. The van der Waals surface area contributed by atoms with Gasteiger partial charge in [0.05, 0.1) is 6.61 Å². The van der Waals surface area contributed by atoms with Gasteiger partial charge in [0.1, 0.15) is 6.61 Å². The summed E-state index contributed by atoms with van der Waals surface area (Å²) in [5.74, 6) is 1.55. The molecule has 0 aliphatic heterocycles. The Balaban J connectivity index is 1.82. The predicted octanol–water partition coefficient (Wildman–Crippen LogP) is 4.32. The van der Waals surface area contributed by atoms with Gasteiger partial charge in [-0.05, 0) is 53.9 Å². The predicted molar refractivity (Wildman–Crippen MR) is 98.6 cm³/mol. The molecule has 0 aliphatic carbocycles. The molecule has 0 fully saturated rings. The fraction of sp³-hybridized carbons (Fsp3) is 0.238. The Morgan fingerprint density at radius 1 is 0.875 bits per heavy atom. The first-order valence-corrected chi connectivity index (χ1v) is 8.37. The highest BCUT2D eigenvalue weighted by Crippen LogP contribution is 2.30. The maximum Gasteiger partial charge on any atom is 0.161 e. The molecule has 0 amide bonds. The number of fused-ring (bicyclic) bond motifs is 1. The Labute approximate surface area is 143 Å². The molecule has 0 spiro atoms. The Bertz CT molecular complexity index is 809. The molecule has 0 atom stereocenters. The zero-order chi connectivity index (χ0) is 16.8. The monoisotopic (exact) mass is 321 g/mol. The van der Waals surface area contributed by atoms with E-state index in [0.717, 1.165) is 17.9 Å². The van der Waals surface area contributed by atoms with E-state index in [9.17, 15) is 0 Å². The summed E-state index contributed by atoms with van der Waals surface area (Å²) >= 11 is 0. The van der Waals surface area contributed by atoms with Crippen molar-refractivity contribution in [2.24, 2.45) is 5.73 Å². The Kier molecular flexibility index (Phi) is 5.34. The molecule has 0 bridgehead atoms. The van der Waals surface area contributed by atoms with E-state index in [-0.39, 0.29) is 0 Å². The highest BCUT2D eigenvalue weighted by molar-refractivity contribution is 5.85. The van der Waals surface area contributed by atoms with Crippen molar-refractivity contribution in [3.05, 3.63) is 71.8 Å². The Hall–Kier alpha value is -2.52. The van der Waals surface area contributed by atoms with Gasteiger partial charge in [0.15, 0.2) is 11.5 Å². The van der Waals surface area contributed by atoms with Crippen LogP contribution in [0.1, 0.15) is 18.1 Å². The van der Waals surface area contributed by atoms with Crippen molar-refractivity contribution in [2.75, 3.05) is 13.2 Å². The molecule has 24 heavy (non-hydrogen) atoms. The lowest BCUT2D eigenvalue weighted by Gasteiger charge is -2.14. The summed E-state index contributed by atoms with van der Waals surface area (Å²) in [6.45, 7) is 3.72. The summed E-state index contributed by atoms with van der Waals surface area (Å²) in [5, 5.41) is 2.44. The lowest BCUT2D eigenvalue weighted by atomic mass is 10.1. The second-order valence-corrected chi connectivity index (χ2v) is 5.68. The van der Waals surface area contributed by atoms with Gasteiger partial charge in [0, 0.05) is 0 Å². The molecule has 0 heterocycles. The fourth-order valence-electron chi connectivity index (χ4n) is 2.84. The van der Waals surface area contributed by atoms with Crippen LogP contribution in [0.4, 0.5) is 0 Å². The summed E-state index contributed by atoms with van der Waals surface area (Å²) in [4.78, 5) is 0. The SMILES string of the molecule is CCOc1cc(CCN)ccc1OCc1cccc2ccccc12. The van der Waals surface area contributed by atoms with Crippen LogP contribution in [-0.4, -0.2) is 13.2 Å². The van der Waals surface area contributed by atoms with Gasteiger partial charge >= 0.3 is 0 Å². The molecule has 2 N–H and O–H groups in total. The zero-order valence-electron chi connectivity index (χ0n) is 14.0. The van der Waals surface area contributed by atoms with Crippen molar-refractivity contribution in [3.8, 4) is 11.5 Å². The van der Waals surface area contributed by atoms with Gasteiger partial charge in [-0.25, -0.2) is 0 Å². The molecule has 0 aliphatic rings. The van der Waals surface area contributed by atoms with Gasteiger partial charge < -0.3 is 15.2 Å². The Morgan fingerprint density at radius 2 is 1.71 bits per heavy atom. The normalized spacial score (nSPS) is 10.8. The number of rotatable bonds is 7. The largest absolute Gasteiger partial charge is 0.490 e. The van der Waals surface area contributed by atoms with E-state index in [0.29, 0.717) is 19.8 Å². The molecule has 0 radical (unpaired) electrons. The van der Waals surface area contributed by atoms with Crippen molar-refractivity contribution >= 4 is 10.8 Å². The topological polar surface area (TPSA) is 44.5 Å². The minimum absolute atomic E-state index is 0.512. The van der Waals surface area contributed by atoms with Crippen LogP contribution in [0.25, 0.3) is 10.8 Å². The molecule has 3 nitrogen and oxygen atoms in total. The summed E-state index contributed by atoms with van der Waals surface area (Å²) in [7, 11) is 0. The van der Waals surface area contributed by atoms with Gasteiger partial charge in [0.25, 0.3) is 0 Å². The van der Waals surface area contributed by atoms with Crippen LogP contribution in [0.5, 0.6) is 11.5 Å². The van der Waals surface area contributed by atoms with Crippen LogP contribution in [0.2, 0.25) is 0 Å². The van der Waals surface area contributed by atoms with E-state index in [1.165, 1.54) is 21.9 Å². The van der Waals surface area contributed by atoms with Crippen LogP contribution in [-0.2, 0) is 13.0 Å². The van der Waals surface area contributed by atoms with E-state index < -0.39 is 0 Å². The van der Waals surface area contributed by atoms with Crippen LogP contribution in [0, 0.1) is 0 Å². The number of hydrogen-bond acceptors (Lipinski definition) is 3. The maximum atomic E-state index is 6.06. The van der Waals surface area contributed by atoms with Crippen LogP contribution >= 0.6 is 0 Å². The average molecular weight is 321 g/mol. The standard InChI is InChI=1S/C21H23NO2/c1-2-23-21-14-16(12-13-22)10-11-20(21)24-15-18-8-5-7-17-6-3-4-9-19(17)18/h3-11,14H,2,12-13,15,22H2,1H3. The second kappa shape index (κ2) is 7.84. The molecule has 124 valence electrons. The zero-order valence-corrected chi connectivity index (χ0v) is 14.0. The first-order valence-electron chi connectivity index (χ1n) is 8.37. The van der Waals surface area contributed by atoms with Crippen molar-refractivity contribution < 1.29 is 9.47 Å². The van der Waals surface area contributed by atoms with Gasteiger partial charge in [-0.15, -0.1) is 0 Å². The summed E-state index contributed by atoms with van der Waals surface area (Å²) in [6, 6.07) is 20.7. The summed E-state index contributed by atoms with van der Waals surface area (Å²) in [6.07, 6.45) is 0.837. The molecule has 0 saturated heterocycles. The number of hydrogen-bond donors (Lipinski definition) is 1. The summed E-state index contributed by atoms with van der Waals surface area (Å²) in [5.41, 5.74) is 7.97. The van der Waals surface area contributed by atoms with Crippen molar-refractivity contribution in [3.63, 3.8) is 0 Å². The van der Waals surface area contributed by atoms with Gasteiger partial charge in [-0.1, -0.05) is 48.5 Å².